The standard InChI is InChI=1S/C17H18BrNO2/c1-4-19(16-10-13(20)9-8-11(16)2)17(21)14-6-5-7-15(18)12(14)3/h5-10,20H,4H2,1-3H3. The summed E-state index contributed by atoms with van der Waals surface area (Å²) in [5.41, 5.74) is 3.27. The van der Waals surface area contributed by atoms with Crippen LogP contribution in [0.1, 0.15) is 28.4 Å². The first-order valence-electron chi connectivity index (χ1n) is 6.82. The quantitative estimate of drug-likeness (QED) is 0.891. The monoisotopic (exact) mass is 347 g/mol. The largest absolute Gasteiger partial charge is 0.508 e. The molecule has 110 valence electrons. The van der Waals surface area contributed by atoms with Gasteiger partial charge < -0.3 is 10.0 Å². The average Bonchev–Trinajstić information content (AvgIpc) is 2.46. The third-order valence-electron chi connectivity index (χ3n) is 3.54. The van der Waals surface area contributed by atoms with Crippen LogP contribution in [-0.2, 0) is 0 Å². The number of aromatic hydroxyl groups is 1. The zero-order valence-electron chi connectivity index (χ0n) is 12.4. The van der Waals surface area contributed by atoms with Crippen molar-refractivity contribution in [3.05, 3.63) is 57.6 Å². The van der Waals surface area contributed by atoms with Crippen molar-refractivity contribution in [1.82, 2.24) is 0 Å². The van der Waals surface area contributed by atoms with Crippen molar-refractivity contribution < 1.29 is 9.90 Å². The molecule has 0 aliphatic heterocycles. The first-order chi connectivity index (χ1) is 9.95. The summed E-state index contributed by atoms with van der Waals surface area (Å²) in [5, 5.41) is 9.69. The molecule has 0 radical (unpaired) electrons. The maximum absolute atomic E-state index is 12.8. The number of halogens is 1. The molecule has 0 aliphatic rings. The number of amides is 1. The molecule has 0 saturated heterocycles. The van der Waals surface area contributed by atoms with Crippen LogP contribution in [0.25, 0.3) is 0 Å². The van der Waals surface area contributed by atoms with Crippen molar-refractivity contribution >= 4 is 27.5 Å². The Balaban J connectivity index is 2.48. The number of hydrogen-bond donors (Lipinski definition) is 1. The van der Waals surface area contributed by atoms with Crippen molar-refractivity contribution in [2.75, 3.05) is 11.4 Å². The highest BCUT2D eigenvalue weighted by Crippen LogP contribution is 2.28. The Morgan fingerprint density at radius 3 is 2.62 bits per heavy atom. The number of nitrogens with zero attached hydrogens (tertiary/aromatic N) is 1. The highest BCUT2D eigenvalue weighted by molar-refractivity contribution is 9.10. The Hall–Kier alpha value is -1.81. The van der Waals surface area contributed by atoms with E-state index in [2.05, 4.69) is 15.9 Å². The molecule has 2 rings (SSSR count). The van der Waals surface area contributed by atoms with Gasteiger partial charge in [-0.1, -0.05) is 28.1 Å². The normalized spacial score (nSPS) is 10.5. The van der Waals surface area contributed by atoms with Crippen molar-refractivity contribution in [1.29, 1.82) is 0 Å². The van der Waals surface area contributed by atoms with Crippen LogP contribution in [-0.4, -0.2) is 17.6 Å². The molecule has 0 saturated carbocycles. The van der Waals surface area contributed by atoms with Crippen LogP contribution in [0, 0.1) is 13.8 Å². The van der Waals surface area contributed by atoms with Gasteiger partial charge in [-0.25, -0.2) is 0 Å². The number of benzene rings is 2. The van der Waals surface area contributed by atoms with E-state index in [9.17, 15) is 9.90 Å². The summed E-state index contributed by atoms with van der Waals surface area (Å²) in [7, 11) is 0. The van der Waals surface area contributed by atoms with Crippen LogP contribution in [0.5, 0.6) is 5.75 Å². The smallest absolute Gasteiger partial charge is 0.258 e. The second-order valence-corrected chi connectivity index (χ2v) is 5.79. The van der Waals surface area contributed by atoms with Crippen molar-refractivity contribution in [3.8, 4) is 5.75 Å². The summed E-state index contributed by atoms with van der Waals surface area (Å²) >= 11 is 3.46. The predicted octanol–water partition coefficient (Wildman–Crippen LogP) is 4.44. The summed E-state index contributed by atoms with van der Waals surface area (Å²) in [4.78, 5) is 14.5. The molecule has 0 atom stereocenters. The third kappa shape index (κ3) is 3.10. The summed E-state index contributed by atoms with van der Waals surface area (Å²) in [6, 6.07) is 10.7. The van der Waals surface area contributed by atoms with Gasteiger partial charge in [-0.15, -0.1) is 0 Å². The number of anilines is 1. The zero-order chi connectivity index (χ0) is 15.6. The molecule has 4 heteroatoms. The van der Waals surface area contributed by atoms with Gasteiger partial charge in [-0.05, 0) is 50.1 Å². The lowest BCUT2D eigenvalue weighted by Crippen LogP contribution is -2.31. The number of phenolic OH excluding ortho intramolecular Hbond substituents is 1. The minimum Gasteiger partial charge on any atom is -0.508 e. The summed E-state index contributed by atoms with van der Waals surface area (Å²) < 4.78 is 0.914. The van der Waals surface area contributed by atoms with E-state index >= 15 is 0 Å². The van der Waals surface area contributed by atoms with Gasteiger partial charge in [-0.2, -0.15) is 0 Å². The van der Waals surface area contributed by atoms with E-state index in [0.29, 0.717) is 12.1 Å². The molecule has 2 aromatic carbocycles. The molecular weight excluding hydrogens is 330 g/mol. The zero-order valence-corrected chi connectivity index (χ0v) is 13.9. The minimum absolute atomic E-state index is 0.0648. The van der Waals surface area contributed by atoms with E-state index in [1.54, 1.807) is 17.0 Å². The molecule has 1 N–H and O–H groups in total. The fraction of sp³-hybridized carbons (Fsp3) is 0.235. The summed E-state index contributed by atoms with van der Waals surface area (Å²) in [5.74, 6) is 0.0952. The second kappa shape index (κ2) is 6.31. The Kier molecular flexibility index (Phi) is 4.68. The van der Waals surface area contributed by atoms with E-state index < -0.39 is 0 Å². The van der Waals surface area contributed by atoms with Crippen LogP contribution < -0.4 is 4.90 Å². The van der Waals surface area contributed by atoms with E-state index in [4.69, 9.17) is 0 Å². The van der Waals surface area contributed by atoms with Crippen molar-refractivity contribution in [2.24, 2.45) is 0 Å². The van der Waals surface area contributed by atoms with Gasteiger partial charge in [0.2, 0.25) is 0 Å². The lowest BCUT2D eigenvalue weighted by Gasteiger charge is -2.24. The molecule has 0 aromatic heterocycles. The lowest BCUT2D eigenvalue weighted by molar-refractivity contribution is 0.0987. The Bertz CT molecular complexity index is 682. The van der Waals surface area contributed by atoms with Crippen molar-refractivity contribution in [3.63, 3.8) is 0 Å². The van der Waals surface area contributed by atoms with Gasteiger partial charge in [0.05, 0.1) is 5.69 Å². The van der Waals surface area contributed by atoms with E-state index in [0.717, 1.165) is 21.3 Å². The van der Waals surface area contributed by atoms with Crippen LogP contribution in [0.4, 0.5) is 5.69 Å². The third-order valence-corrected chi connectivity index (χ3v) is 4.40. The highest BCUT2D eigenvalue weighted by atomic mass is 79.9. The predicted molar refractivity (Wildman–Crippen MR) is 89.1 cm³/mol. The number of aryl methyl sites for hydroxylation is 1. The Labute approximate surface area is 133 Å². The molecule has 0 fully saturated rings. The van der Waals surface area contributed by atoms with Gasteiger partial charge in [-0.3, -0.25) is 4.79 Å². The van der Waals surface area contributed by atoms with Gasteiger partial charge in [0.1, 0.15) is 5.75 Å². The fourth-order valence-electron chi connectivity index (χ4n) is 2.30. The fourth-order valence-corrected chi connectivity index (χ4v) is 2.66. The molecule has 0 spiro atoms. The van der Waals surface area contributed by atoms with Crippen LogP contribution >= 0.6 is 15.9 Å². The first kappa shape index (κ1) is 15.6. The highest BCUT2D eigenvalue weighted by Gasteiger charge is 2.20. The van der Waals surface area contributed by atoms with Crippen LogP contribution in [0.3, 0.4) is 0 Å². The molecule has 21 heavy (non-hydrogen) atoms. The molecule has 0 aliphatic carbocycles. The molecule has 3 nitrogen and oxygen atoms in total. The molecule has 2 aromatic rings. The first-order valence-corrected chi connectivity index (χ1v) is 7.61. The topological polar surface area (TPSA) is 40.5 Å². The molecule has 0 heterocycles. The maximum Gasteiger partial charge on any atom is 0.258 e. The number of rotatable bonds is 3. The van der Waals surface area contributed by atoms with Crippen LogP contribution in [0.2, 0.25) is 0 Å². The Morgan fingerprint density at radius 2 is 1.95 bits per heavy atom. The second-order valence-electron chi connectivity index (χ2n) is 4.93. The van der Waals surface area contributed by atoms with Gasteiger partial charge >= 0.3 is 0 Å². The lowest BCUT2D eigenvalue weighted by atomic mass is 10.1. The SMILES string of the molecule is CCN(C(=O)c1cccc(Br)c1C)c1cc(O)ccc1C. The maximum atomic E-state index is 12.8. The minimum atomic E-state index is -0.0648. The number of phenols is 1. The van der Waals surface area contributed by atoms with Crippen molar-refractivity contribution in [2.45, 2.75) is 20.8 Å². The summed E-state index contributed by atoms with van der Waals surface area (Å²) in [6.45, 7) is 6.31. The van der Waals surface area contributed by atoms with E-state index in [1.165, 1.54) is 0 Å². The molecule has 1 amide bonds. The van der Waals surface area contributed by atoms with Gasteiger partial charge in [0.25, 0.3) is 5.91 Å². The van der Waals surface area contributed by atoms with Crippen LogP contribution in [0.15, 0.2) is 40.9 Å². The average molecular weight is 348 g/mol. The number of carbonyl (C=O) groups excluding carboxylic acids is 1. The molecular formula is C17H18BrNO2. The van der Waals surface area contributed by atoms with Gasteiger partial charge in [0, 0.05) is 22.6 Å². The Morgan fingerprint density at radius 1 is 1.24 bits per heavy atom. The van der Waals surface area contributed by atoms with E-state index in [1.807, 2.05) is 45.0 Å². The van der Waals surface area contributed by atoms with Gasteiger partial charge in [0.15, 0.2) is 0 Å². The molecule has 0 bridgehead atoms. The summed E-state index contributed by atoms with van der Waals surface area (Å²) in [6.07, 6.45) is 0. The number of carbonyl (C=O) groups is 1. The number of hydrogen-bond acceptors (Lipinski definition) is 2. The van der Waals surface area contributed by atoms with E-state index in [-0.39, 0.29) is 11.7 Å². The molecule has 0 unspecified atom stereocenters.